The summed E-state index contributed by atoms with van der Waals surface area (Å²) < 4.78 is 16.2. The molecule has 0 saturated carbocycles. The molecular weight excluding hydrogens is 139 g/mol. The molecule has 0 aromatic carbocycles. The minimum absolute atomic E-state index is 0.0362. The van der Waals surface area contributed by atoms with Crippen molar-refractivity contribution in [2.75, 3.05) is 0 Å². The normalized spacial score (nSPS) is 12.3. The Labute approximate surface area is 58.2 Å². The quantitative estimate of drug-likeness (QED) is 0.556. The second-order valence-electron chi connectivity index (χ2n) is 1.75. The van der Waals surface area contributed by atoms with Crippen molar-refractivity contribution in [3.05, 3.63) is 0 Å². The van der Waals surface area contributed by atoms with Gasteiger partial charge in [0.25, 0.3) is 6.36 Å². The summed E-state index contributed by atoms with van der Waals surface area (Å²) in [5, 5.41) is 0. The molecule has 0 spiro atoms. The molecule has 0 heterocycles. The standard InChI is InChI=1S/C6H9FO3/c1-3-5(9)6(7)10-4(2)8/h6H,3H2,1-2H3. The molecule has 10 heavy (non-hydrogen) atoms. The summed E-state index contributed by atoms with van der Waals surface area (Å²) in [5.41, 5.74) is 0. The van der Waals surface area contributed by atoms with Crippen LogP contribution < -0.4 is 0 Å². The predicted octanol–water partition coefficient (Wildman–Crippen LogP) is 0.824. The van der Waals surface area contributed by atoms with Gasteiger partial charge in [0.2, 0.25) is 5.78 Å². The highest BCUT2D eigenvalue weighted by atomic mass is 19.1. The Morgan fingerprint density at radius 3 is 2.40 bits per heavy atom. The first-order valence-corrected chi connectivity index (χ1v) is 2.92. The average molecular weight is 148 g/mol. The van der Waals surface area contributed by atoms with Gasteiger partial charge >= 0.3 is 5.97 Å². The van der Waals surface area contributed by atoms with Crippen LogP contribution in [0.15, 0.2) is 0 Å². The van der Waals surface area contributed by atoms with Crippen LogP contribution in [-0.4, -0.2) is 18.1 Å². The molecule has 0 aromatic heterocycles. The van der Waals surface area contributed by atoms with Crippen LogP contribution >= 0.6 is 0 Å². The van der Waals surface area contributed by atoms with Gasteiger partial charge in [0.15, 0.2) is 0 Å². The van der Waals surface area contributed by atoms with Crippen molar-refractivity contribution in [3.8, 4) is 0 Å². The average Bonchev–Trinajstić information content (AvgIpc) is 1.85. The summed E-state index contributed by atoms with van der Waals surface area (Å²) in [7, 11) is 0. The van der Waals surface area contributed by atoms with E-state index in [1.54, 1.807) is 0 Å². The molecule has 0 rings (SSSR count). The van der Waals surface area contributed by atoms with Gasteiger partial charge < -0.3 is 4.74 Å². The van der Waals surface area contributed by atoms with Gasteiger partial charge in [-0.15, -0.1) is 0 Å². The number of carbonyl (C=O) groups is 2. The second kappa shape index (κ2) is 3.98. The van der Waals surface area contributed by atoms with Crippen molar-refractivity contribution >= 4 is 11.8 Å². The van der Waals surface area contributed by atoms with Crippen LogP contribution in [-0.2, 0) is 14.3 Å². The Morgan fingerprint density at radius 1 is 1.60 bits per heavy atom. The molecule has 4 heteroatoms. The van der Waals surface area contributed by atoms with Crippen LogP contribution in [0.4, 0.5) is 4.39 Å². The van der Waals surface area contributed by atoms with Gasteiger partial charge in [0.05, 0.1) is 0 Å². The van der Waals surface area contributed by atoms with E-state index in [2.05, 4.69) is 4.74 Å². The predicted molar refractivity (Wildman–Crippen MR) is 32.0 cm³/mol. The van der Waals surface area contributed by atoms with E-state index in [1.165, 1.54) is 6.92 Å². The molecule has 3 nitrogen and oxygen atoms in total. The van der Waals surface area contributed by atoms with Gasteiger partial charge in [-0.25, -0.2) is 0 Å². The Morgan fingerprint density at radius 2 is 2.10 bits per heavy atom. The second-order valence-corrected chi connectivity index (χ2v) is 1.75. The van der Waals surface area contributed by atoms with E-state index in [9.17, 15) is 14.0 Å². The fourth-order valence-electron chi connectivity index (χ4n) is 0.372. The molecule has 0 radical (unpaired) electrons. The molecule has 1 atom stereocenters. The topological polar surface area (TPSA) is 43.4 Å². The van der Waals surface area contributed by atoms with Crippen molar-refractivity contribution in [1.29, 1.82) is 0 Å². The smallest absolute Gasteiger partial charge is 0.305 e. The number of halogens is 1. The first kappa shape index (κ1) is 9.07. The number of carbonyl (C=O) groups excluding carboxylic acids is 2. The minimum atomic E-state index is -2.08. The van der Waals surface area contributed by atoms with Gasteiger partial charge in [0, 0.05) is 13.3 Å². The molecule has 0 saturated heterocycles. The molecule has 0 N–H and O–H groups in total. The lowest BCUT2D eigenvalue weighted by Crippen LogP contribution is -2.20. The van der Waals surface area contributed by atoms with Gasteiger partial charge in [-0.3, -0.25) is 9.59 Å². The lowest BCUT2D eigenvalue weighted by molar-refractivity contribution is -0.163. The molecule has 0 fully saturated rings. The summed E-state index contributed by atoms with van der Waals surface area (Å²) in [6, 6.07) is 0. The zero-order valence-electron chi connectivity index (χ0n) is 5.89. The molecular formula is C6H9FO3. The van der Waals surface area contributed by atoms with E-state index >= 15 is 0 Å². The first-order valence-electron chi connectivity index (χ1n) is 2.92. The summed E-state index contributed by atoms with van der Waals surface area (Å²) in [5.74, 6) is -1.50. The number of hydrogen-bond donors (Lipinski definition) is 0. The van der Waals surface area contributed by atoms with E-state index in [0.29, 0.717) is 0 Å². The molecule has 58 valence electrons. The highest BCUT2D eigenvalue weighted by molar-refractivity contribution is 5.83. The number of ketones is 1. The van der Waals surface area contributed by atoms with Crippen LogP contribution in [0.5, 0.6) is 0 Å². The number of rotatable bonds is 3. The molecule has 0 aliphatic rings. The highest BCUT2D eigenvalue weighted by Crippen LogP contribution is 1.98. The van der Waals surface area contributed by atoms with Crippen molar-refractivity contribution in [3.63, 3.8) is 0 Å². The number of Topliss-reactive ketones (excluding diaryl/α,β-unsaturated/α-hetero) is 1. The third kappa shape index (κ3) is 3.17. The zero-order chi connectivity index (χ0) is 8.15. The van der Waals surface area contributed by atoms with Gasteiger partial charge in [-0.05, 0) is 0 Å². The monoisotopic (exact) mass is 148 g/mol. The van der Waals surface area contributed by atoms with Crippen molar-refractivity contribution in [2.24, 2.45) is 0 Å². The SMILES string of the molecule is CCC(=O)C(F)OC(C)=O. The van der Waals surface area contributed by atoms with Gasteiger partial charge in [-0.1, -0.05) is 6.92 Å². The summed E-state index contributed by atoms with van der Waals surface area (Å²) in [4.78, 5) is 20.5. The Bertz CT molecular complexity index is 144. The molecule has 0 aromatic rings. The molecule has 0 aliphatic carbocycles. The van der Waals surface area contributed by atoms with Crippen LogP contribution in [0, 0.1) is 0 Å². The van der Waals surface area contributed by atoms with Gasteiger partial charge in [0.1, 0.15) is 0 Å². The van der Waals surface area contributed by atoms with E-state index in [-0.39, 0.29) is 6.42 Å². The maximum absolute atomic E-state index is 12.3. The van der Waals surface area contributed by atoms with Crippen LogP contribution in [0.1, 0.15) is 20.3 Å². The van der Waals surface area contributed by atoms with E-state index < -0.39 is 18.1 Å². The molecule has 0 aliphatic heterocycles. The van der Waals surface area contributed by atoms with Crippen molar-refractivity contribution in [2.45, 2.75) is 26.6 Å². The zero-order valence-corrected chi connectivity index (χ0v) is 5.89. The first-order chi connectivity index (χ1) is 4.57. The van der Waals surface area contributed by atoms with Crippen molar-refractivity contribution in [1.82, 2.24) is 0 Å². The maximum Gasteiger partial charge on any atom is 0.305 e. The van der Waals surface area contributed by atoms with Crippen molar-refractivity contribution < 1.29 is 18.7 Å². The Hall–Kier alpha value is -0.930. The Balaban J connectivity index is 3.72. The third-order valence-electron chi connectivity index (χ3n) is 0.871. The van der Waals surface area contributed by atoms with E-state index in [4.69, 9.17) is 0 Å². The van der Waals surface area contributed by atoms with E-state index in [0.717, 1.165) is 6.92 Å². The van der Waals surface area contributed by atoms with Gasteiger partial charge in [-0.2, -0.15) is 4.39 Å². The largest absolute Gasteiger partial charge is 0.424 e. The maximum atomic E-state index is 12.3. The van der Waals surface area contributed by atoms with Crippen LogP contribution in [0.3, 0.4) is 0 Å². The summed E-state index contributed by atoms with van der Waals surface area (Å²) in [6.07, 6.45) is -2.04. The highest BCUT2D eigenvalue weighted by Gasteiger charge is 2.16. The third-order valence-corrected chi connectivity index (χ3v) is 0.871. The van der Waals surface area contributed by atoms with Crippen LogP contribution in [0.25, 0.3) is 0 Å². The number of esters is 1. The number of hydrogen-bond acceptors (Lipinski definition) is 3. The molecule has 0 amide bonds. The molecule has 0 bridgehead atoms. The lowest BCUT2D eigenvalue weighted by Gasteiger charge is -2.03. The van der Waals surface area contributed by atoms with E-state index in [1.807, 2.05) is 0 Å². The summed E-state index contributed by atoms with van der Waals surface area (Å²) >= 11 is 0. The number of ether oxygens (including phenoxy) is 1. The number of alkyl halides is 1. The molecule has 1 unspecified atom stereocenters. The van der Waals surface area contributed by atoms with Crippen LogP contribution in [0.2, 0.25) is 0 Å². The fourth-order valence-corrected chi connectivity index (χ4v) is 0.372. The lowest BCUT2D eigenvalue weighted by atomic mass is 10.3. The Kier molecular flexibility index (Phi) is 3.61. The summed E-state index contributed by atoms with van der Waals surface area (Å²) in [6.45, 7) is 2.55. The fraction of sp³-hybridized carbons (Fsp3) is 0.667. The minimum Gasteiger partial charge on any atom is -0.424 e.